The van der Waals surface area contributed by atoms with Crippen molar-refractivity contribution < 1.29 is 0 Å². The molecule has 1 aromatic heterocycles. The number of rotatable bonds is 4. The molecule has 1 heterocycles. The summed E-state index contributed by atoms with van der Waals surface area (Å²) in [5, 5.41) is 4.66. The highest BCUT2D eigenvalue weighted by atomic mass is 15.3. The molecule has 3 aromatic carbocycles. The first kappa shape index (κ1) is 15.0. The van der Waals surface area contributed by atoms with Crippen molar-refractivity contribution in [1.82, 2.24) is 9.97 Å². The van der Waals surface area contributed by atoms with Crippen molar-refractivity contribution in [2.75, 3.05) is 5.43 Å². The molecule has 0 aliphatic carbocycles. The fourth-order valence-corrected chi connectivity index (χ4v) is 2.64. The monoisotopic (exact) mass is 324 g/mol. The van der Waals surface area contributed by atoms with Gasteiger partial charge in [-0.05, 0) is 18.2 Å². The average molecular weight is 324 g/mol. The Balaban J connectivity index is 1.71. The Morgan fingerprint density at radius 2 is 1.28 bits per heavy atom. The van der Waals surface area contributed by atoms with Crippen molar-refractivity contribution in [2.45, 2.75) is 0 Å². The van der Waals surface area contributed by atoms with Crippen LogP contribution >= 0.6 is 0 Å². The molecule has 4 rings (SSSR count). The Hall–Kier alpha value is -3.53. The molecule has 0 unspecified atom stereocenters. The van der Waals surface area contributed by atoms with Crippen LogP contribution in [0.25, 0.3) is 11.0 Å². The largest absolute Gasteiger partial charge is 0.278 e. The first-order valence-electron chi connectivity index (χ1n) is 8.05. The van der Waals surface area contributed by atoms with Crippen molar-refractivity contribution in [3.8, 4) is 0 Å². The third-order valence-electron chi connectivity index (χ3n) is 3.86. The van der Waals surface area contributed by atoms with E-state index in [0.717, 1.165) is 33.6 Å². The molecule has 0 radical (unpaired) electrons. The lowest BCUT2D eigenvalue weighted by Gasteiger charge is -2.09. The minimum absolute atomic E-state index is 0.837. The van der Waals surface area contributed by atoms with E-state index in [-0.39, 0.29) is 0 Å². The summed E-state index contributed by atoms with van der Waals surface area (Å²) in [5.74, 6) is 0. The van der Waals surface area contributed by atoms with Gasteiger partial charge in [0.2, 0.25) is 0 Å². The van der Waals surface area contributed by atoms with Crippen LogP contribution in [0.15, 0.2) is 96.4 Å². The normalized spacial score (nSPS) is 10.4. The third kappa shape index (κ3) is 3.38. The first-order valence-corrected chi connectivity index (χ1v) is 8.05. The van der Waals surface area contributed by atoms with E-state index in [4.69, 9.17) is 0 Å². The molecular weight excluding hydrogens is 308 g/mol. The predicted molar refractivity (Wildman–Crippen MR) is 102 cm³/mol. The summed E-state index contributed by atoms with van der Waals surface area (Å²) in [6, 6.07) is 26.1. The molecule has 0 atom stereocenters. The van der Waals surface area contributed by atoms with Crippen molar-refractivity contribution in [1.29, 1.82) is 0 Å². The van der Waals surface area contributed by atoms with E-state index in [2.05, 4.69) is 44.8 Å². The zero-order valence-electron chi connectivity index (χ0n) is 13.5. The Morgan fingerprint density at radius 1 is 0.680 bits per heavy atom. The topological polar surface area (TPSA) is 50.2 Å². The SMILES string of the molecule is c1ccc(C(=NNc2ccc3nccnc3c2)c2ccccc2)cc1. The van der Waals surface area contributed by atoms with E-state index in [1.54, 1.807) is 12.4 Å². The van der Waals surface area contributed by atoms with Crippen LogP contribution in [-0.4, -0.2) is 15.7 Å². The van der Waals surface area contributed by atoms with Crippen LogP contribution in [0.3, 0.4) is 0 Å². The fourth-order valence-electron chi connectivity index (χ4n) is 2.64. The van der Waals surface area contributed by atoms with Gasteiger partial charge in [-0.2, -0.15) is 5.10 Å². The van der Waals surface area contributed by atoms with Gasteiger partial charge in [0.1, 0.15) is 0 Å². The number of hydrazone groups is 1. The summed E-state index contributed by atoms with van der Waals surface area (Å²) < 4.78 is 0. The lowest BCUT2D eigenvalue weighted by molar-refractivity contribution is 1.28. The minimum atomic E-state index is 0.837. The molecule has 0 amide bonds. The molecule has 0 saturated carbocycles. The highest BCUT2D eigenvalue weighted by Crippen LogP contribution is 2.16. The van der Waals surface area contributed by atoms with Crippen LogP contribution in [0.1, 0.15) is 11.1 Å². The van der Waals surface area contributed by atoms with Crippen molar-refractivity contribution in [3.63, 3.8) is 0 Å². The Bertz CT molecular complexity index is 970. The van der Waals surface area contributed by atoms with Gasteiger partial charge in [0.05, 0.1) is 22.4 Å². The quantitative estimate of drug-likeness (QED) is 0.444. The van der Waals surface area contributed by atoms with Crippen LogP contribution < -0.4 is 5.43 Å². The van der Waals surface area contributed by atoms with Gasteiger partial charge in [-0.3, -0.25) is 15.4 Å². The number of benzene rings is 3. The van der Waals surface area contributed by atoms with E-state index in [1.807, 2.05) is 54.6 Å². The van der Waals surface area contributed by atoms with Crippen molar-refractivity contribution in [2.24, 2.45) is 5.10 Å². The van der Waals surface area contributed by atoms with Crippen LogP contribution in [0.2, 0.25) is 0 Å². The molecule has 0 aliphatic rings. The van der Waals surface area contributed by atoms with Crippen molar-refractivity contribution in [3.05, 3.63) is 102 Å². The lowest BCUT2D eigenvalue weighted by atomic mass is 10.0. The van der Waals surface area contributed by atoms with Gasteiger partial charge in [0.15, 0.2) is 0 Å². The molecule has 0 fully saturated rings. The molecule has 0 aliphatic heterocycles. The van der Waals surface area contributed by atoms with Crippen LogP contribution in [0, 0.1) is 0 Å². The van der Waals surface area contributed by atoms with Gasteiger partial charge >= 0.3 is 0 Å². The van der Waals surface area contributed by atoms with E-state index in [9.17, 15) is 0 Å². The molecule has 120 valence electrons. The molecule has 0 saturated heterocycles. The number of nitrogens with one attached hydrogen (secondary N) is 1. The zero-order valence-corrected chi connectivity index (χ0v) is 13.5. The van der Waals surface area contributed by atoms with Gasteiger partial charge in [-0.15, -0.1) is 0 Å². The highest BCUT2D eigenvalue weighted by molar-refractivity contribution is 6.13. The smallest absolute Gasteiger partial charge is 0.0977 e. The lowest BCUT2D eigenvalue weighted by Crippen LogP contribution is -2.06. The second-order valence-corrected chi connectivity index (χ2v) is 5.56. The Morgan fingerprint density at radius 3 is 1.92 bits per heavy atom. The fraction of sp³-hybridized carbons (Fsp3) is 0. The molecule has 4 aromatic rings. The van der Waals surface area contributed by atoms with Crippen molar-refractivity contribution >= 4 is 22.4 Å². The van der Waals surface area contributed by atoms with Gasteiger partial charge in [0, 0.05) is 23.5 Å². The van der Waals surface area contributed by atoms with E-state index < -0.39 is 0 Å². The van der Waals surface area contributed by atoms with Crippen LogP contribution in [0.4, 0.5) is 5.69 Å². The first-order chi connectivity index (χ1) is 12.4. The number of aromatic nitrogens is 2. The van der Waals surface area contributed by atoms with Gasteiger partial charge < -0.3 is 0 Å². The average Bonchev–Trinajstić information content (AvgIpc) is 2.70. The molecular formula is C21H16N4. The maximum Gasteiger partial charge on any atom is 0.0977 e. The summed E-state index contributed by atoms with van der Waals surface area (Å²) in [5.41, 5.74) is 8.73. The van der Waals surface area contributed by atoms with E-state index in [0.29, 0.717) is 0 Å². The number of hydrogen-bond donors (Lipinski definition) is 1. The maximum absolute atomic E-state index is 4.66. The summed E-state index contributed by atoms with van der Waals surface area (Å²) >= 11 is 0. The highest BCUT2D eigenvalue weighted by Gasteiger charge is 2.06. The Kier molecular flexibility index (Phi) is 4.16. The summed E-state index contributed by atoms with van der Waals surface area (Å²) in [6.07, 6.45) is 3.38. The molecule has 25 heavy (non-hydrogen) atoms. The van der Waals surface area contributed by atoms with E-state index in [1.165, 1.54) is 0 Å². The summed E-state index contributed by atoms with van der Waals surface area (Å²) in [6.45, 7) is 0. The number of hydrogen-bond acceptors (Lipinski definition) is 4. The standard InChI is InChI=1S/C21H16N4/c1-3-7-16(8-4-1)21(17-9-5-2-6-10-17)25-24-18-11-12-19-20(15-18)23-14-13-22-19/h1-15,24H. The number of anilines is 1. The zero-order chi connectivity index (χ0) is 16.9. The number of fused-ring (bicyclic) bond motifs is 1. The molecule has 0 bridgehead atoms. The van der Waals surface area contributed by atoms with Gasteiger partial charge in [0.25, 0.3) is 0 Å². The van der Waals surface area contributed by atoms with Crippen LogP contribution in [0.5, 0.6) is 0 Å². The second kappa shape index (κ2) is 6.93. The summed E-state index contributed by atoms with van der Waals surface area (Å²) in [7, 11) is 0. The predicted octanol–water partition coefficient (Wildman–Crippen LogP) is 4.49. The Labute approximate surface area is 145 Å². The van der Waals surface area contributed by atoms with Gasteiger partial charge in [-0.25, -0.2) is 0 Å². The second-order valence-electron chi connectivity index (χ2n) is 5.56. The minimum Gasteiger partial charge on any atom is -0.278 e. The molecule has 4 nitrogen and oxygen atoms in total. The van der Waals surface area contributed by atoms with Gasteiger partial charge in [-0.1, -0.05) is 60.7 Å². The number of nitrogens with zero attached hydrogens (tertiary/aromatic N) is 3. The third-order valence-corrected chi connectivity index (χ3v) is 3.86. The van der Waals surface area contributed by atoms with E-state index >= 15 is 0 Å². The maximum atomic E-state index is 4.66. The van der Waals surface area contributed by atoms with Crippen LogP contribution in [-0.2, 0) is 0 Å². The molecule has 0 spiro atoms. The summed E-state index contributed by atoms with van der Waals surface area (Å²) in [4.78, 5) is 8.62. The molecule has 1 N–H and O–H groups in total. The molecule has 4 heteroatoms.